The Labute approximate surface area is 175 Å². The molecule has 1 aliphatic rings. The average molecular weight is 392 g/mol. The summed E-state index contributed by atoms with van der Waals surface area (Å²) in [6.07, 6.45) is 6.97. The lowest BCUT2D eigenvalue weighted by molar-refractivity contribution is 0.143. The molecule has 5 nitrogen and oxygen atoms in total. The first-order valence-electron chi connectivity index (χ1n) is 10.8. The van der Waals surface area contributed by atoms with Gasteiger partial charge in [-0.05, 0) is 54.6 Å². The third kappa shape index (κ3) is 5.47. The van der Waals surface area contributed by atoms with Gasteiger partial charge in [-0.15, -0.1) is 0 Å². The molecule has 29 heavy (non-hydrogen) atoms. The second-order valence-electron chi connectivity index (χ2n) is 8.93. The molecule has 1 heterocycles. The molecule has 3 rings (SSSR count). The normalized spacial score (nSPS) is 20.7. The minimum atomic E-state index is 0.296. The third-order valence-corrected chi connectivity index (χ3v) is 6.43. The Kier molecular flexibility index (Phi) is 6.74. The first-order valence-corrected chi connectivity index (χ1v) is 10.8. The van der Waals surface area contributed by atoms with Gasteiger partial charge in [-0.2, -0.15) is 10.2 Å². The lowest BCUT2D eigenvalue weighted by atomic mass is 9.68. The molecule has 5 heteroatoms. The van der Waals surface area contributed by atoms with E-state index in [1.165, 1.54) is 17.5 Å². The number of anilines is 2. The van der Waals surface area contributed by atoms with E-state index in [4.69, 9.17) is 0 Å². The lowest BCUT2D eigenvalue weighted by Gasteiger charge is -2.41. The Hall–Kier alpha value is -2.61. The van der Waals surface area contributed by atoms with Crippen LogP contribution >= 0.6 is 0 Å². The second kappa shape index (κ2) is 9.26. The summed E-state index contributed by atoms with van der Waals surface area (Å²) in [5.74, 6) is 1.93. The van der Waals surface area contributed by atoms with E-state index in [9.17, 15) is 5.26 Å². The maximum Gasteiger partial charge on any atom is 0.224 e. The first-order chi connectivity index (χ1) is 13.9. The lowest BCUT2D eigenvalue weighted by Crippen LogP contribution is -2.37. The van der Waals surface area contributed by atoms with E-state index < -0.39 is 0 Å². The van der Waals surface area contributed by atoms with Crippen LogP contribution < -0.4 is 10.6 Å². The summed E-state index contributed by atoms with van der Waals surface area (Å²) in [7, 11) is 0. The summed E-state index contributed by atoms with van der Waals surface area (Å²) >= 11 is 0. The van der Waals surface area contributed by atoms with Crippen molar-refractivity contribution >= 4 is 11.8 Å². The molecule has 0 amide bonds. The van der Waals surface area contributed by atoms with Crippen molar-refractivity contribution in [3.8, 4) is 6.07 Å². The number of nitriles is 1. The average Bonchev–Trinajstić information content (AvgIpc) is 2.71. The number of hydrogen-bond donors (Lipinski definition) is 2. The van der Waals surface area contributed by atoms with Crippen molar-refractivity contribution < 1.29 is 0 Å². The number of rotatable bonds is 7. The number of nitrogens with zero attached hydrogens (tertiary/aromatic N) is 3. The molecule has 0 radical (unpaired) electrons. The van der Waals surface area contributed by atoms with Gasteiger partial charge in [0, 0.05) is 12.6 Å². The predicted octanol–water partition coefficient (Wildman–Crippen LogP) is 5.19. The highest BCUT2D eigenvalue weighted by Crippen LogP contribution is 2.41. The Bertz CT molecular complexity index is 851. The van der Waals surface area contributed by atoms with Crippen LogP contribution in [0.15, 0.2) is 30.5 Å². The largest absolute Gasteiger partial charge is 0.366 e. The van der Waals surface area contributed by atoms with Gasteiger partial charge < -0.3 is 10.6 Å². The number of aryl methyl sites for hydroxylation is 1. The van der Waals surface area contributed by atoms with E-state index in [0.29, 0.717) is 34.7 Å². The van der Waals surface area contributed by atoms with Crippen molar-refractivity contribution in [2.24, 2.45) is 11.3 Å². The molecule has 1 aromatic carbocycles. The summed E-state index contributed by atoms with van der Waals surface area (Å²) in [6.45, 7) is 9.91. The minimum absolute atomic E-state index is 0.296. The maximum atomic E-state index is 9.46. The Morgan fingerprint density at radius 1 is 1.17 bits per heavy atom. The van der Waals surface area contributed by atoms with E-state index in [2.05, 4.69) is 78.6 Å². The van der Waals surface area contributed by atoms with Gasteiger partial charge in [0.25, 0.3) is 0 Å². The molecule has 2 aromatic rings. The van der Waals surface area contributed by atoms with Crippen molar-refractivity contribution in [2.45, 2.75) is 65.8 Å². The summed E-state index contributed by atoms with van der Waals surface area (Å²) in [5, 5.41) is 16.3. The van der Waals surface area contributed by atoms with Gasteiger partial charge in [0.1, 0.15) is 17.5 Å². The van der Waals surface area contributed by atoms with Gasteiger partial charge in [-0.25, -0.2) is 4.98 Å². The molecule has 1 aromatic heterocycles. The fourth-order valence-electron chi connectivity index (χ4n) is 4.02. The van der Waals surface area contributed by atoms with E-state index in [1.807, 2.05) is 0 Å². The molecule has 1 saturated carbocycles. The zero-order chi connectivity index (χ0) is 20.9. The smallest absolute Gasteiger partial charge is 0.224 e. The third-order valence-electron chi connectivity index (χ3n) is 6.43. The summed E-state index contributed by atoms with van der Waals surface area (Å²) in [5.41, 5.74) is 3.44. The van der Waals surface area contributed by atoms with Crippen molar-refractivity contribution in [3.05, 3.63) is 47.2 Å². The summed E-state index contributed by atoms with van der Waals surface area (Å²) in [4.78, 5) is 8.92. The Morgan fingerprint density at radius 2 is 1.90 bits per heavy atom. The van der Waals surface area contributed by atoms with Crippen LogP contribution in [0.2, 0.25) is 0 Å². The fraction of sp³-hybridized carbons (Fsp3) is 0.542. The minimum Gasteiger partial charge on any atom is -0.366 e. The number of benzene rings is 1. The highest BCUT2D eigenvalue weighted by Gasteiger charge is 2.34. The van der Waals surface area contributed by atoms with Crippen LogP contribution in [0.25, 0.3) is 0 Å². The van der Waals surface area contributed by atoms with E-state index in [-0.39, 0.29) is 0 Å². The van der Waals surface area contributed by atoms with Crippen LogP contribution in [-0.2, 0) is 12.8 Å². The summed E-state index contributed by atoms with van der Waals surface area (Å²) in [6, 6.07) is 11.3. The highest BCUT2D eigenvalue weighted by molar-refractivity contribution is 5.54. The molecule has 0 aliphatic heterocycles. The van der Waals surface area contributed by atoms with Crippen LogP contribution in [0.1, 0.15) is 63.6 Å². The quantitative estimate of drug-likeness (QED) is 0.679. The van der Waals surface area contributed by atoms with Crippen molar-refractivity contribution in [3.63, 3.8) is 0 Å². The molecular weight excluding hydrogens is 358 g/mol. The van der Waals surface area contributed by atoms with Gasteiger partial charge in [0.05, 0.1) is 6.20 Å². The van der Waals surface area contributed by atoms with Gasteiger partial charge in [0.15, 0.2) is 0 Å². The molecule has 0 saturated heterocycles. The van der Waals surface area contributed by atoms with Crippen LogP contribution in [0.5, 0.6) is 0 Å². The van der Waals surface area contributed by atoms with Gasteiger partial charge in [0.2, 0.25) is 5.95 Å². The van der Waals surface area contributed by atoms with Gasteiger partial charge in [-0.1, -0.05) is 52.0 Å². The molecule has 2 N–H and O–H groups in total. The maximum absolute atomic E-state index is 9.46. The molecular formula is C24H33N5. The van der Waals surface area contributed by atoms with Gasteiger partial charge in [-0.3, -0.25) is 0 Å². The number of hydrogen-bond acceptors (Lipinski definition) is 5. The predicted molar refractivity (Wildman–Crippen MR) is 119 cm³/mol. The fourth-order valence-corrected chi connectivity index (χ4v) is 4.02. The van der Waals surface area contributed by atoms with Crippen molar-refractivity contribution in [1.82, 2.24) is 9.97 Å². The molecule has 0 bridgehead atoms. The van der Waals surface area contributed by atoms with E-state index in [0.717, 1.165) is 32.2 Å². The van der Waals surface area contributed by atoms with E-state index in [1.54, 1.807) is 6.20 Å². The zero-order valence-corrected chi connectivity index (χ0v) is 18.1. The standard InChI is InChI=1S/C24H33N5/c1-5-18-7-9-19(10-8-18)12-13-26-23-27-16-20(15-25)22(29-23)28-21-11-6-17(2)24(3,4)14-21/h7-10,16-17,21H,5-6,11-14H2,1-4H3,(H2,26,27,28,29)/t17-,21+/m0/s1. The Balaban J connectivity index is 1.61. The molecule has 1 aliphatic carbocycles. The first kappa shape index (κ1) is 21.1. The molecule has 2 atom stereocenters. The van der Waals surface area contributed by atoms with Crippen LogP contribution in [-0.4, -0.2) is 22.6 Å². The monoisotopic (exact) mass is 391 g/mol. The van der Waals surface area contributed by atoms with Crippen molar-refractivity contribution in [1.29, 1.82) is 5.26 Å². The van der Waals surface area contributed by atoms with Crippen LogP contribution in [0, 0.1) is 22.7 Å². The molecule has 154 valence electrons. The molecule has 0 unspecified atom stereocenters. The SMILES string of the molecule is CCc1ccc(CCNc2ncc(C#N)c(N[C@@H]3CC[C@H](C)C(C)(C)C3)n2)cc1. The number of aromatic nitrogens is 2. The number of nitrogens with one attached hydrogen (secondary N) is 2. The zero-order valence-electron chi connectivity index (χ0n) is 18.1. The highest BCUT2D eigenvalue weighted by atomic mass is 15.1. The van der Waals surface area contributed by atoms with Gasteiger partial charge >= 0.3 is 0 Å². The topological polar surface area (TPSA) is 73.6 Å². The van der Waals surface area contributed by atoms with Crippen molar-refractivity contribution in [2.75, 3.05) is 17.2 Å². The molecule has 1 fully saturated rings. The van der Waals surface area contributed by atoms with Crippen LogP contribution in [0.3, 0.4) is 0 Å². The Morgan fingerprint density at radius 3 is 2.55 bits per heavy atom. The van der Waals surface area contributed by atoms with E-state index >= 15 is 0 Å². The second-order valence-corrected chi connectivity index (χ2v) is 8.93. The molecule has 0 spiro atoms. The van der Waals surface area contributed by atoms with Crippen LogP contribution in [0.4, 0.5) is 11.8 Å². The summed E-state index contributed by atoms with van der Waals surface area (Å²) < 4.78 is 0.